The Kier molecular flexibility index (Phi) is 6.33. The molecule has 0 atom stereocenters. The molecule has 0 saturated carbocycles. The highest BCUT2D eigenvalue weighted by molar-refractivity contribution is 5.96. The zero-order valence-electron chi connectivity index (χ0n) is 13.8. The quantitative estimate of drug-likeness (QED) is 0.761. The number of hydrogen-bond acceptors (Lipinski definition) is 4. The lowest BCUT2D eigenvalue weighted by molar-refractivity contribution is -0.123. The fraction of sp³-hybridized carbons (Fsp3) is 0.222. The van der Waals surface area contributed by atoms with E-state index in [4.69, 9.17) is 15.2 Å². The number of primary amides is 1. The maximum absolute atomic E-state index is 12.8. The first-order valence-electron chi connectivity index (χ1n) is 7.62. The van der Waals surface area contributed by atoms with Crippen LogP contribution in [0.2, 0.25) is 0 Å². The zero-order valence-corrected chi connectivity index (χ0v) is 13.8. The van der Waals surface area contributed by atoms with Crippen molar-refractivity contribution < 1.29 is 23.5 Å². The van der Waals surface area contributed by atoms with Crippen molar-refractivity contribution in [2.75, 3.05) is 20.3 Å². The molecule has 0 spiro atoms. The molecule has 0 radical (unpaired) electrons. The van der Waals surface area contributed by atoms with E-state index in [1.54, 1.807) is 24.3 Å². The summed E-state index contributed by atoms with van der Waals surface area (Å²) in [6, 6.07) is 10.8. The maximum Gasteiger partial charge on any atom is 0.257 e. The Hall–Kier alpha value is -3.09. The van der Waals surface area contributed by atoms with Crippen LogP contribution in [0.1, 0.15) is 15.9 Å². The van der Waals surface area contributed by atoms with Crippen LogP contribution in [-0.2, 0) is 11.2 Å². The minimum atomic E-state index is -0.675. The molecule has 0 heterocycles. The molecule has 0 aliphatic rings. The van der Waals surface area contributed by atoms with Gasteiger partial charge in [0.25, 0.3) is 11.8 Å². The van der Waals surface area contributed by atoms with Gasteiger partial charge in [-0.2, -0.15) is 0 Å². The Balaban J connectivity index is 1.87. The number of ether oxygens (including phenoxy) is 2. The molecule has 0 saturated heterocycles. The summed E-state index contributed by atoms with van der Waals surface area (Å²) in [4.78, 5) is 23.3. The minimum Gasteiger partial charge on any atom is -0.493 e. The average Bonchev–Trinajstić information content (AvgIpc) is 2.61. The van der Waals surface area contributed by atoms with Crippen molar-refractivity contribution in [2.24, 2.45) is 5.73 Å². The van der Waals surface area contributed by atoms with Gasteiger partial charge >= 0.3 is 0 Å². The summed E-state index contributed by atoms with van der Waals surface area (Å²) in [5.74, 6) is -0.890. The van der Waals surface area contributed by atoms with Gasteiger partial charge in [-0.3, -0.25) is 9.59 Å². The summed E-state index contributed by atoms with van der Waals surface area (Å²) >= 11 is 0. The number of para-hydroxylation sites is 1. The van der Waals surface area contributed by atoms with E-state index < -0.39 is 5.91 Å². The first-order chi connectivity index (χ1) is 12.0. The molecule has 7 heteroatoms. The summed E-state index contributed by atoms with van der Waals surface area (Å²) in [7, 11) is 1.43. The Bertz CT molecular complexity index is 747. The summed E-state index contributed by atoms with van der Waals surface area (Å²) in [6.45, 7) is 0.0898. The number of halogens is 1. The molecule has 25 heavy (non-hydrogen) atoms. The van der Waals surface area contributed by atoms with Crippen LogP contribution in [-0.4, -0.2) is 32.1 Å². The minimum absolute atomic E-state index is 0.131. The molecule has 3 N–H and O–H groups in total. The number of methoxy groups -OCH3 is 1. The third kappa shape index (κ3) is 5.20. The lowest BCUT2D eigenvalue weighted by atomic mass is 10.1. The molecular formula is C18H19FN2O4. The van der Waals surface area contributed by atoms with Gasteiger partial charge in [0.2, 0.25) is 0 Å². The van der Waals surface area contributed by atoms with Crippen LogP contribution in [0.25, 0.3) is 0 Å². The number of carbonyl (C=O) groups excluding carboxylic acids is 2. The van der Waals surface area contributed by atoms with Gasteiger partial charge in [0.15, 0.2) is 18.1 Å². The Morgan fingerprint density at radius 3 is 2.52 bits per heavy atom. The van der Waals surface area contributed by atoms with Gasteiger partial charge in [-0.25, -0.2) is 4.39 Å². The van der Waals surface area contributed by atoms with Crippen molar-refractivity contribution in [3.8, 4) is 11.5 Å². The first-order valence-corrected chi connectivity index (χ1v) is 7.62. The molecule has 2 aromatic carbocycles. The third-order valence-corrected chi connectivity index (χ3v) is 3.46. The summed E-state index contributed by atoms with van der Waals surface area (Å²) in [6.07, 6.45) is 0.563. The Labute approximate surface area is 144 Å². The van der Waals surface area contributed by atoms with Crippen LogP contribution in [0.4, 0.5) is 4.39 Å². The van der Waals surface area contributed by atoms with E-state index in [0.717, 1.165) is 5.56 Å². The predicted molar refractivity (Wildman–Crippen MR) is 90.1 cm³/mol. The summed E-state index contributed by atoms with van der Waals surface area (Å²) < 4.78 is 23.4. The maximum atomic E-state index is 12.8. The molecular weight excluding hydrogens is 327 g/mol. The van der Waals surface area contributed by atoms with E-state index in [1.807, 2.05) is 0 Å². The lowest BCUT2D eigenvalue weighted by Gasteiger charge is -2.13. The van der Waals surface area contributed by atoms with E-state index in [1.165, 1.54) is 25.3 Å². The molecule has 2 aromatic rings. The molecule has 0 aliphatic carbocycles. The number of benzene rings is 2. The van der Waals surface area contributed by atoms with Gasteiger partial charge in [0, 0.05) is 6.54 Å². The van der Waals surface area contributed by atoms with Gasteiger partial charge in [-0.1, -0.05) is 18.2 Å². The average molecular weight is 346 g/mol. The van der Waals surface area contributed by atoms with Crippen molar-refractivity contribution in [3.05, 3.63) is 59.4 Å². The van der Waals surface area contributed by atoms with E-state index in [2.05, 4.69) is 5.32 Å². The van der Waals surface area contributed by atoms with Crippen LogP contribution >= 0.6 is 0 Å². The fourth-order valence-corrected chi connectivity index (χ4v) is 2.21. The van der Waals surface area contributed by atoms with E-state index in [-0.39, 0.29) is 29.6 Å². The molecule has 0 bridgehead atoms. The number of carbonyl (C=O) groups is 2. The SMILES string of the molecule is COc1cccc(C(N)=O)c1OCC(=O)NCCc1ccc(F)cc1. The van der Waals surface area contributed by atoms with Gasteiger partial charge in [-0.15, -0.1) is 0 Å². The van der Waals surface area contributed by atoms with Gasteiger partial charge in [0.05, 0.1) is 12.7 Å². The van der Waals surface area contributed by atoms with Crippen molar-refractivity contribution >= 4 is 11.8 Å². The van der Waals surface area contributed by atoms with Gasteiger partial charge in [0.1, 0.15) is 5.82 Å². The molecule has 2 rings (SSSR count). The third-order valence-electron chi connectivity index (χ3n) is 3.46. The molecule has 0 unspecified atom stereocenters. The smallest absolute Gasteiger partial charge is 0.257 e. The van der Waals surface area contributed by atoms with Crippen LogP contribution < -0.4 is 20.5 Å². The first kappa shape index (κ1) is 18.3. The summed E-state index contributed by atoms with van der Waals surface area (Å²) in [5.41, 5.74) is 6.34. The van der Waals surface area contributed by atoms with Crippen molar-refractivity contribution in [3.63, 3.8) is 0 Å². The van der Waals surface area contributed by atoms with Crippen LogP contribution in [0.15, 0.2) is 42.5 Å². The van der Waals surface area contributed by atoms with Crippen LogP contribution in [0.3, 0.4) is 0 Å². The monoisotopic (exact) mass is 346 g/mol. The number of amides is 2. The van der Waals surface area contributed by atoms with Gasteiger partial charge < -0.3 is 20.5 Å². The number of hydrogen-bond donors (Lipinski definition) is 2. The zero-order chi connectivity index (χ0) is 18.2. The second-order valence-electron chi connectivity index (χ2n) is 5.22. The standard InChI is InChI=1S/C18H19FN2O4/c1-24-15-4-2-3-14(18(20)23)17(15)25-11-16(22)21-10-9-12-5-7-13(19)8-6-12/h2-8H,9-11H2,1H3,(H2,20,23)(H,21,22). The van der Waals surface area contributed by atoms with E-state index in [0.29, 0.717) is 18.7 Å². The Morgan fingerprint density at radius 2 is 1.88 bits per heavy atom. The molecule has 6 nitrogen and oxygen atoms in total. The highest BCUT2D eigenvalue weighted by Gasteiger charge is 2.16. The number of rotatable bonds is 8. The predicted octanol–water partition coefficient (Wildman–Crippen LogP) is 1.67. The van der Waals surface area contributed by atoms with Gasteiger partial charge in [-0.05, 0) is 36.2 Å². The van der Waals surface area contributed by atoms with Crippen LogP contribution in [0.5, 0.6) is 11.5 Å². The molecule has 2 amide bonds. The van der Waals surface area contributed by atoms with E-state index >= 15 is 0 Å². The normalized spacial score (nSPS) is 10.2. The second kappa shape index (κ2) is 8.68. The topological polar surface area (TPSA) is 90.7 Å². The Morgan fingerprint density at radius 1 is 1.16 bits per heavy atom. The molecule has 132 valence electrons. The van der Waals surface area contributed by atoms with E-state index in [9.17, 15) is 14.0 Å². The molecule has 0 aliphatic heterocycles. The van der Waals surface area contributed by atoms with Crippen molar-refractivity contribution in [1.29, 1.82) is 0 Å². The largest absolute Gasteiger partial charge is 0.493 e. The molecule has 0 aromatic heterocycles. The summed E-state index contributed by atoms with van der Waals surface area (Å²) in [5, 5.41) is 2.69. The highest BCUT2D eigenvalue weighted by Crippen LogP contribution is 2.30. The van der Waals surface area contributed by atoms with Crippen molar-refractivity contribution in [2.45, 2.75) is 6.42 Å². The number of nitrogens with two attached hydrogens (primary N) is 1. The highest BCUT2D eigenvalue weighted by atomic mass is 19.1. The number of nitrogens with one attached hydrogen (secondary N) is 1. The van der Waals surface area contributed by atoms with Crippen molar-refractivity contribution in [1.82, 2.24) is 5.32 Å². The second-order valence-corrected chi connectivity index (χ2v) is 5.22. The fourth-order valence-electron chi connectivity index (χ4n) is 2.21. The van der Waals surface area contributed by atoms with Crippen LogP contribution in [0, 0.1) is 5.82 Å². The molecule has 0 fully saturated rings. The lowest BCUT2D eigenvalue weighted by Crippen LogP contribution is -2.31.